The summed E-state index contributed by atoms with van der Waals surface area (Å²) in [5.41, 5.74) is -14.2. The Morgan fingerprint density at radius 2 is 0.556 bits per heavy atom. The van der Waals surface area contributed by atoms with Gasteiger partial charge >= 0.3 is 251 Å². The van der Waals surface area contributed by atoms with Crippen LogP contribution in [-0.2, 0) is 18.8 Å². The Bertz CT molecular complexity index is 1390. The molecule has 45 heavy (non-hydrogen) atoms. The number of benzene rings is 4. The van der Waals surface area contributed by atoms with Gasteiger partial charge in [-0.05, 0) is 0 Å². The summed E-state index contributed by atoms with van der Waals surface area (Å²) in [6.07, 6.45) is -26.0. The van der Waals surface area contributed by atoms with Gasteiger partial charge in [-0.25, -0.2) is 0 Å². The van der Waals surface area contributed by atoms with Crippen LogP contribution in [0.25, 0.3) is 0 Å². The first kappa shape index (κ1) is 34.4. The summed E-state index contributed by atoms with van der Waals surface area (Å²) in [7, 11) is 0. The second kappa shape index (κ2) is 12.0. The molecule has 0 saturated carbocycles. The molecule has 15 heteroatoms. The minimum absolute atomic E-state index is 0.358. The maximum atomic E-state index is 15.0. The molecule has 4 rings (SSSR count). The third-order valence-electron chi connectivity index (χ3n) is 6.55. The van der Waals surface area contributed by atoms with E-state index in [-0.39, 0.29) is 0 Å². The summed E-state index contributed by atoms with van der Waals surface area (Å²) in [6.45, 7) is 0. The van der Waals surface area contributed by atoms with E-state index in [1.54, 1.807) is 0 Å². The first-order valence-electron chi connectivity index (χ1n) is 12.6. The van der Waals surface area contributed by atoms with Crippen molar-refractivity contribution in [1.29, 1.82) is 0 Å². The van der Waals surface area contributed by atoms with Crippen LogP contribution in [0.5, 0.6) is 0 Å². The van der Waals surface area contributed by atoms with Gasteiger partial charge in [0.25, 0.3) is 0 Å². The van der Waals surface area contributed by atoms with Gasteiger partial charge in [-0.15, -0.1) is 0 Å². The summed E-state index contributed by atoms with van der Waals surface area (Å²) >= 11 is -6.79. The topological polar surface area (TPSA) is 18.5 Å². The fraction of sp³-hybridized carbons (Fsp3) is 0.200. The molecule has 0 fully saturated rings. The monoisotopic (exact) mass is 720 g/mol. The van der Waals surface area contributed by atoms with Crippen LogP contribution in [0.1, 0.15) is 11.1 Å². The van der Waals surface area contributed by atoms with Crippen molar-refractivity contribution >= 4 is 22.4 Å². The Morgan fingerprint density at radius 3 is 0.778 bits per heavy atom. The number of halogens is 12. The van der Waals surface area contributed by atoms with E-state index in [9.17, 15) is 0 Å². The average Bonchev–Trinajstić information content (AvgIpc) is 2.97. The van der Waals surface area contributed by atoms with Crippen LogP contribution in [0.4, 0.5) is 52.7 Å². The number of hydrogen-bond acceptors (Lipinski definition) is 2. The Morgan fingerprint density at radius 1 is 0.333 bits per heavy atom. The third kappa shape index (κ3) is 5.94. The molecule has 0 bridgehead atoms. The van der Waals surface area contributed by atoms with Gasteiger partial charge in [-0.1, -0.05) is 0 Å². The standard InChI is InChI=1S/C30H20F12O2Se/c31-27(32,33)25(28(34,35)36,21-13-5-1-6-14-21)43-45(23-17-9-3-10-18-23,24-19-11-4-12-20-24)44-26(29(37,38)39,30(40,41)42)22-15-7-2-8-16-22/h1-20H. The van der Waals surface area contributed by atoms with Crippen LogP contribution < -0.4 is 8.92 Å². The minimum atomic E-state index is -6.79. The van der Waals surface area contributed by atoms with Crippen LogP contribution in [0, 0.1) is 0 Å². The average molecular weight is 719 g/mol. The van der Waals surface area contributed by atoms with Crippen LogP contribution in [0.2, 0.25) is 0 Å². The zero-order valence-electron chi connectivity index (χ0n) is 22.3. The molecule has 0 unspecified atom stereocenters. The summed E-state index contributed by atoms with van der Waals surface area (Å²) in [5, 5.41) is 0. The van der Waals surface area contributed by atoms with Gasteiger partial charge in [0.05, 0.1) is 0 Å². The summed E-state index contributed by atoms with van der Waals surface area (Å²) in [4.78, 5) is 0. The van der Waals surface area contributed by atoms with E-state index in [1.807, 2.05) is 0 Å². The van der Waals surface area contributed by atoms with Gasteiger partial charge in [-0.3, -0.25) is 0 Å². The van der Waals surface area contributed by atoms with E-state index in [0.717, 1.165) is 84.9 Å². The van der Waals surface area contributed by atoms with Crippen LogP contribution in [0.15, 0.2) is 121 Å². The summed E-state index contributed by atoms with van der Waals surface area (Å²) in [5.74, 6) is 0. The molecule has 242 valence electrons. The van der Waals surface area contributed by atoms with Gasteiger partial charge in [0.15, 0.2) is 0 Å². The second-order valence-corrected chi connectivity index (χ2v) is 14.2. The molecule has 0 N–H and O–H groups in total. The predicted molar refractivity (Wildman–Crippen MR) is 141 cm³/mol. The molecule has 0 radical (unpaired) electrons. The molecule has 0 aliphatic heterocycles. The second-order valence-electron chi connectivity index (χ2n) is 9.38. The van der Waals surface area contributed by atoms with E-state index in [4.69, 9.17) is 7.64 Å². The van der Waals surface area contributed by atoms with E-state index in [1.165, 1.54) is 12.1 Å². The number of hydrogen-bond donors (Lipinski definition) is 0. The van der Waals surface area contributed by atoms with Crippen LogP contribution >= 0.6 is 0 Å². The first-order valence-corrected chi connectivity index (χ1v) is 15.7. The normalized spacial score (nSPS) is 14.3. The quantitative estimate of drug-likeness (QED) is 0.135. The van der Waals surface area contributed by atoms with Crippen molar-refractivity contribution in [2.45, 2.75) is 35.9 Å². The summed E-state index contributed by atoms with van der Waals surface area (Å²) < 4.78 is 189. The summed E-state index contributed by atoms with van der Waals surface area (Å²) in [6, 6.07) is 16.2. The Balaban J connectivity index is 2.25. The first-order chi connectivity index (χ1) is 20.8. The van der Waals surface area contributed by atoms with E-state index < -0.39 is 69.5 Å². The molecule has 0 aliphatic carbocycles. The molecule has 0 amide bonds. The molecular formula is C30H20F12O2Se. The van der Waals surface area contributed by atoms with Gasteiger partial charge in [-0.2, -0.15) is 0 Å². The van der Waals surface area contributed by atoms with Gasteiger partial charge in [0.1, 0.15) is 0 Å². The molecule has 4 aromatic rings. The number of alkyl halides is 12. The van der Waals surface area contributed by atoms with Crippen LogP contribution in [0.3, 0.4) is 0 Å². The van der Waals surface area contributed by atoms with Gasteiger partial charge in [0.2, 0.25) is 0 Å². The van der Waals surface area contributed by atoms with E-state index >= 15 is 52.7 Å². The van der Waals surface area contributed by atoms with E-state index in [2.05, 4.69) is 0 Å². The van der Waals surface area contributed by atoms with Crippen molar-refractivity contribution in [3.63, 3.8) is 0 Å². The number of rotatable bonds is 8. The molecule has 4 aromatic carbocycles. The van der Waals surface area contributed by atoms with Crippen LogP contribution in [-0.4, -0.2) is 38.2 Å². The van der Waals surface area contributed by atoms with Crippen molar-refractivity contribution in [3.8, 4) is 0 Å². The van der Waals surface area contributed by atoms with Crippen molar-refractivity contribution in [2.24, 2.45) is 0 Å². The molecule has 0 aromatic heterocycles. The molecule has 0 spiro atoms. The zero-order chi connectivity index (χ0) is 33.4. The van der Waals surface area contributed by atoms with Gasteiger partial charge < -0.3 is 0 Å². The molecule has 0 aliphatic rings. The fourth-order valence-electron chi connectivity index (χ4n) is 4.50. The molecule has 0 heterocycles. The van der Waals surface area contributed by atoms with Crippen molar-refractivity contribution in [2.75, 3.05) is 0 Å². The van der Waals surface area contributed by atoms with Crippen molar-refractivity contribution in [3.05, 3.63) is 132 Å². The molecule has 0 atom stereocenters. The Labute approximate surface area is 251 Å². The van der Waals surface area contributed by atoms with E-state index in [0.29, 0.717) is 24.3 Å². The third-order valence-corrected chi connectivity index (χ3v) is 12.3. The van der Waals surface area contributed by atoms with Crippen molar-refractivity contribution in [1.82, 2.24) is 0 Å². The fourth-order valence-corrected chi connectivity index (χ4v) is 10.8. The predicted octanol–water partition coefficient (Wildman–Crippen LogP) is 8.32. The Hall–Kier alpha value is -3.52. The molecular weight excluding hydrogens is 699 g/mol. The molecule has 0 saturated heterocycles. The zero-order valence-corrected chi connectivity index (χ0v) is 24.0. The SMILES string of the molecule is FC(F)(F)C(O[Se](OC(c1ccccc1)(C(F)(F)F)C(F)(F)F)(c1ccccc1)c1ccccc1)(c1ccccc1)C(F)(F)F. The maximum absolute atomic E-state index is 15.0. The van der Waals surface area contributed by atoms with Crippen molar-refractivity contribution < 1.29 is 60.3 Å². The van der Waals surface area contributed by atoms with Gasteiger partial charge in [0, 0.05) is 0 Å². The molecule has 2 nitrogen and oxygen atoms in total. The Kier molecular flexibility index (Phi) is 9.17.